The van der Waals surface area contributed by atoms with Crippen molar-refractivity contribution < 1.29 is 0 Å². The lowest BCUT2D eigenvalue weighted by Crippen LogP contribution is -2.33. The number of halogens is 1. The van der Waals surface area contributed by atoms with Gasteiger partial charge in [0.05, 0.1) is 10.6 Å². The van der Waals surface area contributed by atoms with Crippen molar-refractivity contribution in [3.05, 3.63) is 40.9 Å². The van der Waals surface area contributed by atoms with Gasteiger partial charge >= 0.3 is 0 Å². The molecular formula is C17H20ClN5. The average Bonchev–Trinajstić information content (AvgIpc) is 3.05. The highest BCUT2D eigenvalue weighted by atomic mass is 35.5. The third kappa shape index (κ3) is 3.18. The minimum atomic E-state index is 0.385. The lowest BCUT2D eigenvalue weighted by molar-refractivity contribution is 0.449. The molecule has 120 valence electrons. The fourth-order valence-corrected chi connectivity index (χ4v) is 3.35. The minimum Gasteiger partial charge on any atom is -0.371 e. The van der Waals surface area contributed by atoms with Crippen molar-refractivity contribution in [1.29, 1.82) is 5.26 Å². The van der Waals surface area contributed by atoms with E-state index >= 15 is 0 Å². The first-order valence-electron chi connectivity index (χ1n) is 7.94. The van der Waals surface area contributed by atoms with Crippen LogP contribution >= 0.6 is 11.6 Å². The van der Waals surface area contributed by atoms with E-state index in [-0.39, 0.29) is 0 Å². The van der Waals surface area contributed by atoms with E-state index in [0.717, 1.165) is 37.4 Å². The van der Waals surface area contributed by atoms with E-state index in [1.54, 1.807) is 6.07 Å². The van der Waals surface area contributed by atoms with Crippen LogP contribution in [0.15, 0.2) is 24.5 Å². The molecule has 0 N–H and O–H groups in total. The van der Waals surface area contributed by atoms with Crippen molar-refractivity contribution in [2.24, 2.45) is 0 Å². The van der Waals surface area contributed by atoms with E-state index in [4.69, 9.17) is 16.9 Å². The highest BCUT2D eigenvalue weighted by Gasteiger charge is 2.25. The molecule has 3 rings (SSSR count). The van der Waals surface area contributed by atoms with Gasteiger partial charge in [-0.1, -0.05) is 11.6 Å². The van der Waals surface area contributed by atoms with Gasteiger partial charge in [0.1, 0.15) is 18.2 Å². The van der Waals surface area contributed by atoms with Gasteiger partial charge in [-0.25, -0.2) is 0 Å². The molecule has 2 heterocycles. The second-order valence-electron chi connectivity index (χ2n) is 6.23. The zero-order valence-corrected chi connectivity index (χ0v) is 14.2. The van der Waals surface area contributed by atoms with Crippen LogP contribution in [-0.2, 0) is 0 Å². The molecule has 1 aliphatic rings. The molecule has 2 aromatic rings. The maximum Gasteiger partial charge on any atom is 0.136 e. The van der Waals surface area contributed by atoms with Gasteiger partial charge in [0.15, 0.2) is 0 Å². The number of aromatic nitrogens is 3. The van der Waals surface area contributed by atoms with Crippen LogP contribution in [0.2, 0.25) is 5.02 Å². The summed E-state index contributed by atoms with van der Waals surface area (Å²) >= 11 is 6.14. The average molecular weight is 330 g/mol. The van der Waals surface area contributed by atoms with Crippen molar-refractivity contribution in [3.63, 3.8) is 0 Å². The van der Waals surface area contributed by atoms with Gasteiger partial charge in [0.2, 0.25) is 0 Å². The van der Waals surface area contributed by atoms with Gasteiger partial charge in [-0.05, 0) is 44.9 Å². The monoisotopic (exact) mass is 329 g/mol. The number of nitriles is 1. The minimum absolute atomic E-state index is 0.385. The summed E-state index contributed by atoms with van der Waals surface area (Å²) in [5.41, 5.74) is 1.60. The van der Waals surface area contributed by atoms with Crippen LogP contribution in [0.25, 0.3) is 0 Å². The van der Waals surface area contributed by atoms with Gasteiger partial charge < -0.3 is 9.47 Å². The SMILES string of the molecule is CC(C)n1cnnc1C1CCN(c2ccc(C#N)c(Cl)c2)CC1. The summed E-state index contributed by atoms with van der Waals surface area (Å²) in [6.45, 7) is 6.22. The summed E-state index contributed by atoms with van der Waals surface area (Å²) in [5, 5.41) is 17.9. The van der Waals surface area contributed by atoms with E-state index in [2.05, 4.69) is 39.6 Å². The van der Waals surface area contributed by atoms with Gasteiger partial charge in [-0.3, -0.25) is 0 Å². The Morgan fingerprint density at radius 2 is 2.04 bits per heavy atom. The van der Waals surface area contributed by atoms with E-state index in [0.29, 0.717) is 22.5 Å². The molecule has 1 aromatic carbocycles. The Balaban J connectivity index is 1.70. The van der Waals surface area contributed by atoms with Gasteiger partial charge in [-0.2, -0.15) is 5.26 Å². The second kappa shape index (κ2) is 6.59. The molecule has 23 heavy (non-hydrogen) atoms. The second-order valence-corrected chi connectivity index (χ2v) is 6.63. The summed E-state index contributed by atoms with van der Waals surface area (Å²) in [5.74, 6) is 1.54. The molecule has 0 atom stereocenters. The van der Waals surface area contributed by atoms with E-state index in [9.17, 15) is 0 Å². The lowest BCUT2D eigenvalue weighted by Gasteiger charge is -2.33. The topological polar surface area (TPSA) is 57.7 Å². The summed E-state index contributed by atoms with van der Waals surface area (Å²) in [6, 6.07) is 8.13. The molecule has 0 unspecified atom stereocenters. The Hall–Kier alpha value is -2.06. The number of benzene rings is 1. The standard InChI is InChI=1S/C17H20ClN5/c1-12(2)23-11-20-21-17(23)13-5-7-22(8-6-13)15-4-3-14(10-19)16(18)9-15/h3-4,9,11-13H,5-8H2,1-2H3. The van der Waals surface area contributed by atoms with E-state index < -0.39 is 0 Å². The van der Waals surface area contributed by atoms with Gasteiger partial charge in [0.25, 0.3) is 0 Å². The molecule has 1 fully saturated rings. The first-order valence-corrected chi connectivity index (χ1v) is 8.32. The Morgan fingerprint density at radius 1 is 1.30 bits per heavy atom. The molecule has 1 saturated heterocycles. The Bertz CT molecular complexity index is 723. The van der Waals surface area contributed by atoms with Crippen LogP contribution in [0.1, 0.15) is 50.0 Å². The van der Waals surface area contributed by atoms with Crippen molar-refractivity contribution in [2.45, 2.75) is 38.6 Å². The molecular weight excluding hydrogens is 310 g/mol. The fourth-order valence-electron chi connectivity index (χ4n) is 3.13. The lowest BCUT2D eigenvalue weighted by atomic mass is 9.95. The zero-order valence-electron chi connectivity index (χ0n) is 13.4. The number of nitrogens with zero attached hydrogens (tertiary/aromatic N) is 5. The van der Waals surface area contributed by atoms with Crippen LogP contribution < -0.4 is 4.90 Å². The zero-order chi connectivity index (χ0) is 16.4. The third-order valence-electron chi connectivity index (χ3n) is 4.46. The number of piperidine rings is 1. The highest BCUT2D eigenvalue weighted by molar-refractivity contribution is 6.32. The van der Waals surface area contributed by atoms with Gasteiger partial charge in [-0.15, -0.1) is 10.2 Å². The largest absolute Gasteiger partial charge is 0.371 e. The maximum atomic E-state index is 8.97. The molecule has 0 bridgehead atoms. The fraction of sp³-hybridized carbons (Fsp3) is 0.471. The summed E-state index contributed by atoms with van der Waals surface area (Å²) in [7, 11) is 0. The number of hydrogen-bond acceptors (Lipinski definition) is 4. The summed E-state index contributed by atoms with van der Waals surface area (Å²) in [4.78, 5) is 2.32. The first kappa shape index (κ1) is 15.8. The molecule has 0 amide bonds. The predicted octanol–water partition coefficient (Wildman–Crippen LogP) is 3.77. The molecule has 6 heteroatoms. The highest BCUT2D eigenvalue weighted by Crippen LogP contribution is 2.31. The molecule has 0 spiro atoms. The maximum absolute atomic E-state index is 8.97. The molecule has 1 aliphatic heterocycles. The van der Waals surface area contributed by atoms with Crippen molar-refractivity contribution in [3.8, 4) is 6.07 Å². The quantitative estimate of drug-likeness (QED) is 0.860. The third-order valence-corrected chi connectivity index (χ3v) is 4.77. The molecule has 0 radical (unpaired) electrons. The molecule has 5 nitrogen and oxygen atoms in total. The van der Waals surface area contributed by atoms with E-state index in [1.807, 2.05) is 18.5 Å². The normalized spacial score (nSPS) is 15.9. The molecule has 0 aliphatic carbocycles. The molecule has 0 saturated carbocycles. The smallest absolute Gasteiger partial charge is 0.136 e. The van der Waals surface area contributed by atoms with Crippen LogP contribution in [0, 0.1) is 11.3 Å². The summed E-state index contributed by atoms with van der Waals surface area (Å²) < 4.78 is 2.17. The van der Waals surface area contributed by atoms with Crippen LogP contribution in [-0.4, -0.2) is 27.9 Å². The molecule has 1 aromatic heterocycles. The van der Waals surface area contributed by atoms with E-state index in [1.165, 1.54) is 0 Å². The number of rotatable bonds is 3. The predicted molar refractivity (Wildman–Crippen MR) is 90.8 cm³/mol. The Labute approximate surface area is 141 Å². The first-order chi connectivity index (χ1) is 11.1. The van der Waals surface area contributed by atoms with Crippen LogP contribution in [0.3, 0.4) is 0 Å². The van der Waals surface area contributed by atoms with Gasteiger partial charge in [0, 0.05) is 30.7 Å². The van der Waals surface area contributed by atoms with Crippen LogP contribution in [0.4, 0.5) is 5.69 Å². The Kier molecular flexibility index (Phi) is 4.53. The van der Waals surface area contributed by atoms with Crippen molar-refractivity contribution in [1.82, 2.24) is 14.8 Å². The van der Waals surface area contributed by atoms with Crippen molar-refractivity contribution in [2.75, 3.05) is 18.0 Å². The van der Waals surface area contributed by atoms with Crippen molar-refractivity contribution >= 4 is 17.3 Å². The van der Waals surface area contributed by atoms with Crippen LogP contribution in [0.5, 0.6) is 0 Å². The number of hydrogen-bond donors (Lipinski definition) is 0. The Morgan fingerprint density at radius 3 is 2.65 bits per heavy atom. The number of anilines is 1. The summed E-state index contributed by atoms with van der Waals surface area (Å²) in [6.07, 6.45) is 3.92.